The third kappa shape index (κ3) is 3.04. The molecule has 4 heteroatoms. The predicted octanol–water partition coefficient (Wildman–Crippen LogP) is 4.73. The number of Topliss-reactive ketones (excluding diaryl/α,β-unsaturated/α-hetero) is 1. The summed E-state index contributed by atoms with van der Waals surface area (Å²) in [5.41, 5.74) is 2.45. The van der Waals surface area contributed by atoms with Gasteiger partial charge in [-0.15, -0.1) is 0 Å². The summed E-state index contributed by atoms with van der Waals surface area (Å²) in [6, 6.07) is 3.64. The summed E-state index contributed by atoms with van der Waals surface area (Å²) >= 11 is 0. The molecule has 0 bridgehead atoms. The first kappa shape index (κ1) is 18.9. The van der Waals surface area contributed by atoms with Crippen molar-refractivity contribution in [1.82, 2.24) is 0 Å². The van der Waals surface area contributed by atoms with E-state index in [1.54, 1.807) is 6.07 Å². The zero-order valence-corrected chi connectivity index (χ0v) is 16.5. The number of carbonyl (C=O) groups excluding carboxylic acids is 2. The summed E-state index contributed by atoms with van der Waals surface area (Å²) in [7, 11) is 0. The number of fused-ring (bicyclic) bond motifs is 3. The van der Waals surface area contributed by atoms with Gasteiger partial charge in [0.15, 0.2) is 5.78 Å². The van der Waals surface area contributed by atoms with Gasteiger partial charge >= 0.3 is 5.97 Å². The molecule has 1 unspecified atom stereocenters. The molecular weight excluding hydrogens is 328 g/mol. The maximum Gasteiger partial charge on any atom is 0.302 e. The number of phenolic OH excluding ortho intramolecular Hbond substituents is 1. The van der Waals surface area contributed by atoms with E-state index in [-0.39, 0.29) is 40.9 Å². The fourth-order valence-electron chi connectivity index (χ4n) is 5.28. The van der Waals surface area contributed by atoms with Crippen molar-refractivity contribution in [2.75, 3.05) is 6.61 Å². The molecule has 26 heavy (non-hydrogen) atoms. The second-order valence-electron chi connectivity index (χ2n) is 9.10. The second-order valence-corrected chi connectivity index (χ2v) is 9.10. The van der Waals surface area contributed by atoms with Crippen LogP contribution in [0.25, 0.3) is 0 Å². The van der Waals surface area contributed by atoms with Crippen LogP contribution in [-0.4, -0.2) is 23.5 Å². The molecule has 3 atom stereocenters. The van der Waals surface area contributed by atoms with Gasteiger partial charge in [-0.3, -0.25) is 9.59 Å². The van der Waals surface area contributed by atoms with Crippen molar-refractivity contribution < 1.29 is 19.4 Å². The molecule has 4 nitrogen and oxygen atoms in total. The molecule has 2 aliphatic rings. The number of phenols is 1. The molecule has 1 aromatic carbocycles. The highest BCUT2D eigenvalue weighted by Gasteiger charge is 2.52. The first-order chi connectivity index (χ1) is 12.1. The first-order valence-corrected chi connectivity index (χ1v) is 9.60. The van der Waals surface area contributed by atoms with Crippen molar-refractivity contribution in [2.45, 2.75) is 71.6 Å². The maximum atomic E-state index is 13.0. The number of benzene rings is 1. The Hall–Kier alpha value is -1.84. The van der Waals surface area contributed by atoms with Crippen LogP contribution in [0.5, 0.6) is 5.75 Å². The molecule has 1 aromatic rings. The molecule has 0 spiro atoms. The van der Waals surface area contributed by atoms with Crippen molar-refractivity contribution in [2.24, 2.45) is 11.3 Å². The zero-order valence-electron chi connectivity index (χ0n) is 16.5. The Kier molecular flexibility index (Phi) is 4.66. The molecule has 142 valence electrons. The van der Waals surface area contributed by atoms with Gasteiger partial charge in [0.05, 0.1) is 6.61 Å². The largest absolute Gasteiger partial charge is 0.508 e. The maximum absolute atomic E-state index is 13.0. The Morgan fingerprint density at radius 3 is 2.65 bits per heavy atom. The predicted molar refractivity (Wildman–Crippen MR) is 101 cm³/mol. The van der Waals surface area contributed by atoms with Crippen LogP contribution in [0.4, 0.5) is 0 Å². The average Bonchev–Trinajstić information content (AvgIpc) is 2.54. The lowest BCUT2D eigenvalue weighted by atomic mass is 9.50. The van der Waals surface area contributed by atoms with Gasteiger partial charge in [0.2, 0.25) is 0 Å². The van der Waals surface area contributed by atoms with Gasteiger partial charge in [-0.1, -0.05) is 34.1 Å². The Balaban J connectivity index is 2.04. The molecule has 0 radical (unpaired) electrons. The number of esters is 1. The van der Waals surface area contributed by atoms with Crippen LogP contribution in [-0.2, 0) is 14.9 Å². The van der Waals surface area contributed by atoms with E-state index in [0.29, 0.717) is 17.9 Å². The van der Waals surface area contributed by atoms with Crippen LogP contribution < -0.4 is 0 Å². The molecule has 1 N–H and O–H groups in total. The molecule has 0 aromatic heterocycles. The monoisotopic (exact) mass is 358 g/mol. The van der Waals surface area contributed by atoms with Gasteiger partial charge in [0.25, 0.3) is 0 Å². The van der Waals surface area contributed by atoms with E-state index in [2.05, 4.69) is 20.8 Å². The molecular formula is C22H30O4. The number of hydrogen-bond donors (Lipinski definition) is 1. The topological polar surface area (TPSA) is 63.6 Å². The van der Waals surface area contributed by atoms with Crippen molar-refractivity contribution in [3.05, 3.63) is 28.8 Å². The fraction of sp³-hybridized carbons (Fsp3) is 0.636. The molecule has 0 amide bonds. The Labute approximate surface area is 155 Å². The average molecular weight is 358 g/mol. The van der Waals surface area contributed by atoms with Crippen LogP contribution in [0.2, 0.25) is 0 Å². The van der Waals surface area contributed by atoms with Gasteiger partial charge in [-0.25, -0.2) is 0 Å². The van der Waals surface area contributed by atoms with Crippen molar-refractivity contribution in [3.63, 3.8) is 0 Å². The zero-order chi connectivity index (χ0) is 19.3. The van der Waals surface area contributed by atoms with Gasteiger partial charge in [0.1, 0.15) is 5.75 Å². The lowest BCUT2D eigenvalue weighted by Gasteiger charge is -2.53. The van der Waals surface area contributed by atoms with Crippen LogP contribution in [0.1, 0.15) is 87.7 Å². The highest BCUT2D eigenvalue weighted by atomic mass is 16.5. The summed E-state index contributed by atoms with van der Waals surface area (Å²) in [6.45, 7) is 10.3. The number of aromatic hydroxyl groups is 1. The van der Waals surface area contributed by atoms with E-state index in [1.807, 2.05) is 13.0 Å². The lowest BCUT2D eigenvalue weighted by Crippen LogP contribution is -2.49. The van der Waals surface area contributed by atoms with Crippen LogP contribution in [0, 0.1) is 11.3 Å². The van der Waals surface area contributed by atoms with Crippen molar-refractivity contribution in [3.8, 4) is 5.75 Å². The number of ether oxygens (including phenoxy) is 1. The third-order valence-electron chi connectivity index (χ3n) is 6.77. The minimum atomic E-state index is -0.342. The van der Waals surface area contributed by atoms with Gasteiger partial charge in [-0.05, 0) is 47.3 Å². The van der Waals surface area contributed by atoms with Crippen molar-refractivity contribution in [1.29, 1.82) is 0 Å². The smallest absolute Gasteiger partial charge is 0.302 e. The molecule has 0 heterocycles. The van der Waals surface area contributed by atoms with E-state index < -0.39 is 0 Å². The van der Waals surface area contributed by atoms with Crippen LogP contribution in [0.3, 0.4) is 0 Å². The van der Waals surface area contributed by atoms with Gasteiger partial charge in [-0.2, -0.15) is 0 Å². The minimum absolute atomic E-state index is 0.0832. The van der Waals surface area contributed by atoms with Gasteiger partial charge in [0, 0.05) is 30.4 Å². The standard InChI is InChI=1S/C22H30O4/c1-13(12-26-14(2)23)15-9-16-17(10-18(15)24)22(5)8-6-7-21(3,4)20(22)11-19(16)25/h9-10,13,20,24H,6-8,11-12H2,1-5H3/t13?,20-,22+/m0/s1. The summed E-state index contributed by atoms with van der Waals surface area (Å²) in [5, 5.41) is 10.7. The molecule has 1 fully saturated rings. The summed E-state index contributed by atoms with van der Waals surface area (Å²) in [5.74, 6) is 0.155. The second kappa shape index (κ2) is 6.40. The van der Waals surface area contributed by atoms with E-state index >= 15 is 0 Å². The molecule has 0 aliphatic heterocycles. The van der Waals surface area contributed by atoms with Crippen molar-refractivity contribution >= 4 is 11.8 Å². The summed E-state index contributed by atoms with van der Waals surface area (Å²) < 4.78 is 5.08. The molecule has 0 saturated heterocycles. The molecule has 3 rings (SSSR count). The number of carbonyl (C=O) groups is 2. The molecule has 2 aliphatic carbocycles. The Morgan fingerprint density at radius 1 is 1.31 bits per heavy atom. The van der Waals surface area contributed by atoms with E-state index in [1.165, 1.54) is 6.92 Å². The van der Waals surface area contributed by atoms with Crippen LogP contribution in [0.15, 0.2) is 12.1 Å². The highest BCUT2D eigenvalue weighted by Crippen LogP contribution is 2.57. The summed E-state index contributed by atoms with van der Waals surface area (Å²) in [4.78, 5) is 24.0. The minimum Gasteiger partial charge on any atom is -0.508 e. The lowest BCUT2D eigenvalue weighted by molar-refractivity contribution is -0.141. The van der Waals surface area contributed by atoms with E-state index in [9.17, 15) is 14.7 Å². The van der Waals surface area contributed by atoms with E-state index in [4.69, 9.17) is 4.74 Å². The van der Waals surface area contributed by atoms with E-state index in [0.717, 1.165) is 30.4 Å². The fourth-order valence-corrected chi connectivity index (χ4v) is 5.28. The quantitative estimate of drug-likeness (QED) is 0.794. The normalized spacial score (nSPS) is 28.0. The number of rotatable bonds is 3. The molecule has 1 saturated carbocycles. The SMILES string of the molecule is CC(=O)OCC(C)c1cc2c(cc1O)[C@@]1(C)CCCC(C)(C)[C@@H]1CC2=O. The Bertz CT molecular complexity index is 749. The number of ketones is 1. The summed E-state index contributed by atoms with van der Waals surface area (Å²) in [6.07, 6.45) is 3.89. The third-order valence-corrected chi connectivity index (χ3v) is 6.77. The van der Waals surface area contributed by atoms with Crippen LogP contribution >= 0.6 is 0 Å². The first-order valence-electron chi connectivity index (χ1n) is 9.60. The number of hydrogen-bond acceptors (Lipinski definition) is 4. The highest BCUT2D eigenvalue weighted by molar-refractivity contribution is 6.00. The van der Waals surface area contributed by atoms with Gasteiger partial charge < -0.3 is 9.84 Å². The Morgan fingerprint density at radius 2 is 2.00 bits per heavy atom.